The number of aromatic nitrogens is 2. The predicted molar refractivity (Wildman–Crippen MR) is 64.9 cm³/mol. The van der Waals surface area contributed by atoms with Crippen molar-refractivity contribution in [2.75, 3.05) is 5.32 Å². The number of hydrogen-bond acceptors (Lipinski definition) is 3. The molecule has 1 aliphatic heterocycles. The van der Waals surface area contributed by atoms with Crippen molar-refractivity contribution in [1.82, 2.24) is 9.97 Å². The van der Waals surface area contributed by atoms with Crippen molar-refractivity contribution in [2.24, 2.45) is 5.92 Å². The van der Waals surface area contributed by atoms with Gasteiger partial charge >= 0.3 is 0 Å². The molecular formula is C12H17N3O. The quantitative estimate of drug-likeness (QED) is 0.729. The van der Waals surface area contributed by atoms with Gasteiger partial charge in [0, 0.05) is 0 Å². The fourth-order valence-corrected chi connectivity index (χ4v) is 1.38. The molecule has 2 rings (SSSR count). The minimum absolute atomic E-state index is 0.0688. The molecule has 0 fully saturated rings. The second-order valence-corrected chi connectivity index (χ2v) is 3.44. The topological polar surface area (TPSA) is 54.9 Å². The van der Waals surface area contributed by atoms with Crippen molar-refractivity contribution in [3.05, 3.63) is 24.2 Å². The molecule has 0 aromatic carbocycles. The average Bonchev–Trinajstić information content (AvgIpc) is 2.30. The van der Waals surface area contributed by atoms with E-state index in [1.165, 1.54) is 0 Å². The molecule has 1 aliphatic rings. The Bertz CT molecular complexity index is 426. The highest BCUT2D eigenvalue weighted by atomic mass is 16.2. The van der Waals surface area contributed by atoms with Crippen LogP contribution in [0.15, 0.2) is 12.8 Å². The summed E-state index contributed by atoms with van der Waals surface area (Å²) in [6.45, 7) is 11.5. The van der Waals surface area contributed by atoms with Gasteiger partial charge in [0.1, 0.15) is 5.69 Å². The van der Waals surface area contributed by atoms with Crippen LogP contribution >= 0.6 is 0 Å². The zero-order valence-corrected chi connectivity index (χ0v) is 10.2. The van der Waals surface area contributed by atoms with Gasteiger partial charge in [-0.25, -0.2) is 9.97 Å². The van der Waals surface area contributed by atoms with Crippen LogP contribution in [0.3, 0.4) is 0 Å². The fourth-order valence-electron chi connectivity index (χ4n) is 1.38. The number of carbonyl (C=O) groups excluding carboxylic acids is 1. The van der Waals surface area contributed by atoms with Crippen LogP contribution in [-0.2, 0) is 4.79 Å². The monoisotopic (exact) mass is 219 g/mol. The number of amides is 1. The number of nitrogens with one attached hydrogen (secondary N) is 1. The molecule has 4 nitrogen and oxygen atoms in total. The van der Waals surface area contributed by atoms with Crippen LogP contribution in [0.25, 0.3) is 5.57 Å². The standard InChI is InChI=1S/C10H11N3O.C2H6/c1-5-4-11-9-8(12-5)6(2)7(3)10(14)13-9;1-2/h4,7H,2H2,1,3H3,(H,11,13,14);1-2H3. The zero-order chi connectivity index (χ0) is 12.3. The van der Waals surface area contributed by atoms with Crippen molar-refractivity contribution in [1.29, 1.82) is 0 Å². The van der Waals surface area contributed by atoms with Gasteiger partial charge in [0.05, 0.1) is 17.8 Å². The first-order chi connectivity index (χ1) is 7.59. The molecule has 1 N–H and O–H groups in total. The minimum atomic E-state index is -0.224. The summed E-state index contributed by atoms with van der Waals surface area (Å²) in [6.07, 6.45) is 1.63. The highest BCUT2D eigenvalue weighted by Gasteiger charge is 2.27. The summed E-state index contributed by atoms with van der Waals surface area (Å²) >= 11 is 0. The van der Waals surface area contributed by atoms with E-state index >= 15 is 0 Å². The van der Waals surface area contributed by atoms with Crippen LogP contribution in [0.2, 0.25) is 0 Å². The Morgan fingerprint density at radius 2 is 2.06 bits per heavy atom. The summed E-state index contributed by atoms with van der Waals surface area (Å²) in [4.78, 5) is 19.8. The largest absolute Gasteiger partial charge is 0.308 e. The molecule has 86 valence electrons. The number of fused-ring (bicyclic) bond motifs is 1. The first-order valence-electron chi connectivity index (χ1n) is 5.43. The third-order valence-corrected chi connectivity index (χ3v) is 2.35. The smallest absolute Gasteiger partial charge is 0.232 e. The second kappa shape index (κ2) is 4.88. The zero-order valence-electron chi connectivity index (χ0n) is 10.2. The number of aryl methyl sites for hydroxylation is 1. The van der Waals surface area contributed by atoms with E-state index in [-0.39, 0.29) is 11.8 Å². The number of nitrogens with zero attached hydrogens (tertiary/aromatic N) is 2. The molecule has 1 aromatic rings. The van der Waals surface area contributed by atoms with Crippen LogP contribution in [0.1, 0.15) is 32.2 Å². The Hall–Kier alpha value is -1.71. The van der Waals surface area contributed by atoms with E-state index in [1.807, 2.05) is 27.7 Å². The van der Waals surface area contributed by atoms with Crippen molar-refractivity contribution in [3.63, 3.8) is 0 Å². The number of carbonyl (C=O) groups is 1. The van der Waals surface area contributed by atoms with Crippen molar-refractivity contribution < 1.29 is 4.79 Å². The molecule has 0 bridgehead atoms. The van der Waals surface area contributed by atoms with E-state index in [9.17, 15) is 4.79 Å². The van der Waals surface area contributed by atoms with Gasteiger partial charge in [-0.3, -0.25) is 4.79 Å². The van der Waals surface area contributed by atoms with Gasteiger partial charge in [-0.1, -0.05) is 20.4 Å². The normalized spacial score (nSPS) is 18.1. The second-order valence-electron chi connectivity index (χ2n) is 3.44. The number of rotatable bonds is 0. The lowest BCUT2D eigenvalue weighted by Gasteiger charge is -2.22. The van der Waals surface area contributed by atoms with Crippen molar-refractivity contribution >= 4 is 17.3 Å². The van der Waals surface area contributed by atoms with Gasteiger partial charge in [0.25, 0.3) is 0 Å². The molecule has 1 aromatic heterocycles. The average molecular weight is 219 g/mol. The maximum atomic E-state index is 11.4. The Labute approximate surface area is 95.8 Å². The lowest BCUT2D eigenvalue weighted by molar-refractivity contribution is -0.118. The maximum absolute atomic E-state index is 11.4. The van der Waals surface area contributed by atoms with E-state index in [2.05, 4.69) is 21.9 Å². The molecular weight excluding hydrogens is 202 g/mol. The summed E-state index contributed by atoms with van der Waals surface area (Å²) in [5, 5.41) is 2.69. The van der Waals surface area contributed by atoms with Gasteiger partial charge in [-0.15, -0.1) is 0 Å². The molecule has 0 aliphatic carbocycles. The lowest BCUT2D eigenvalue weighted by atomic mass is 9.95. The maximum Gasteiger partial charge on any atom is 0.232 e. The number of anilines is 1. The Morgan fingerprint density at radius 1 is 1.44 bits per heavy atom. The molecule has 4 heteroatoms. The van der Waals surface area contributed by atoms with E-state index in [0.29, 0.717) is 11.5 Å². The number of hydrogen-bond donors (Lipinski definition) is 1. The third-order valence-electron chi connectivity index (χ3n) is 2.35. The van der Waals surface area contributed by atoms with Gasteiger partial charge < -0.3 is 5.32 Å². The van der Waals surface area contributed by atoms with Gasteiger partial charge in [-0.05, 0) is 19.4 Å². The SMILES string of the molecule is C=C1c2nc(C)cnc2NC(=O)C1C.CC. The van der Waals surface area contributed by atoms with Gasteiger partial charge in [0.15, 0.2) is 5.82 Å². The molecule has 0 saturated carbocycles. The van der Waals surface area contributed by atoms with E-state index in [4.69, 9.17) is 0 Å². The summed E-state index contributed by atoms with van der Waals surface area (Å²) in [5.74, 6) is 0.225. The van der Waals surface area contributed by atoms with Crippen LogP contribution in [0.4, 0.5) is 5.82 Å². The Kier molecular flexibility index (Phi) is 3.77. The molecule has 1 atom stereocenters. The van der Waals surface area contributed by atoms with E-state index in [0.717, 1.165) is 11.3 Å². The summed E-state index contributed by atoms with van der Waals surface area (Å²) in [6, 6.07) is 0. The van der Waals surface area contributed by atoms with Crippen molar-refractivity contribution in [2.45, 2.75) is 27.7 Å². The van der Waals surface area contributed by atoms with Crippen LogP contribution in [0.5, 0.6) is 0 Å². The summed E-state index contributed by atoms with van der Waals surface area (Å²) < 4.78 is 0. The Balaban J connectivity index is 0.000000606. The summed E-state index contributed by atoms with van der Waals surface area (Å²) in [5.41, 5.74) is 2.27. The fraction of sp³-hybridized carbons (Fsp3) is 0.417. The third kappa shape index (κ3) is 2.10. The van der Waals surface area contributed by atoms with Gasteiger partial charge in [0.2, 0.25) is 5.91 Å². The molecule has 1 amide bonds. The van der Waals surface area contributed by atoms with Crippen LogP contribution in [-0.4, -0.2) is 15.9 Å². The molecule has 0 radical (unpaired) electrons. The first-order valence-corrected chi connectivity index (χ1v) is 5.43. The Morgan fingerprint density at radius 3 is 2.69 bits per heavy atom. The van der Waals surface area contributed by atoms with E-state index < -0.39 is 0 Å². The molecule has 16 heavy (non-hydrogen) atoms. The highest BCUT2D eigenvalue weighted by molar-refractivity contribution is 6.04. The predicted octanol–water partition coefficient (Wildman–Crippen LogP) is 2.41. The molecule has 2 heterocycles. The molecule has 0 spiro atoms. The van der Waals surface area contributed by atoms with Crippen LogP contribution < -0.4 is 5.32 Å². The van der Waals surface area contributed by atoms with Crippen LogP contribution in [0, 0.1) is 12.8 Å². The summed E-state index contributed by atoms with van der Waals surface area (Å²) in [7, 11) is 0. The first kappa shape index (κ1) is 12.4. The van der Waals surface area contributed by atoms with Gasteiger partial charge in [-0.2, -0.15) is 0 Å². The minimum Gasteiger partial charge on any atom is -0.308 e. The highest BCUT2D eigenvalue weighted by Crippen LogP contribution is 2.30. The lowest BCUT2D eigenvalue weighted by Crippen LogP contribution is -2.28. The van der Waals surface area contributed by atoms with Crippen molar-refractivity contribution in [3.8, 4) is 0 Å². The molecule has 1 unspecified atom stereocenters. The molecule has 0 saturated heterocycles. The van der Waals surface area contributed by atoms with E-state index in [1.54, 1.807) is 6.20 Å².